The number of halogens is 3. The number of nitrogens with one attached hydrogen (secondary N) is 2. The van der Waals surface area contributed by atoms with Gasteiger partial charge in [0.15, 0.2) is 11.6 Å². The fourth-order valence-electron chi connectivity index (χ4n) is 6.47. The Bertz CT molecular complexity index is 2120. The van der Waals surface area contributed by atoms with Crippen LogP contribution in [0, 0.1) is 23.4 Å². The molecule has 6 aromatic rings. The van der Waals surface area contributed by atoms with E-state index in [0.29, 0.717) is 40.7 Å². The Morgan fingerprint density at radius 3 is 2.81 bits per heavy atom. The average Bonchev–Trinajstić information content (AvgIpc) is 3.84. The van der Waals surface area contributed by atoms with Gasteiger partial charge < -0.3 is 19.8 Å². The van der Waals surface area contributed by atoms with Gasteiger partial charge in [0.25, 0.3) is 0 Å². The topological polar surface area (TPSA) is 122 Å². The number of H-pyrrole nitrogens is 2. The van der Waals surface area contributed by atoms with E-state index in [1.807, 2.05) is 12.3 Å². The molecule has 1 aliphatic heterocycles. The van der Waals surface area contributed by atoms with E-state index in [9.17, 15) is 9.90 Å². The lowest BCUT2D eigenvalue weighted by molar-refractivity contribution is -0.136. The number of carboxylic acid groups (broad SMARTS) is 1. The second kappa shape index (κ2) is 13.0. The Kier molecular flexibility index (Phi) is 8.47. The highest BCUT2D eigenvalue weighted by Crippen LogP contribution is 2.38. The molecule has 0 amide bonds. The average molecular weight is 655 g/mol. The number of aliphatic carboxylic acids is 1. The lowest BCUT2D eigenvalue weighted by Crippen LogP contribution is -2.10. The van der Waals surface area contributed by atoms with Crippen LogP contribution in [-0.2, 0) is 24.2 Å². The zero-order chi connectivity index (χ0) is 33.4. The first kappa shape index (κ1) is 31.2. The summed E-state index contributed by atoms with van der Waals surface area (Å²) in [6, 6.07) is 12.3. The maximum atomic E-state index is 16.0. The van der Waals surface area contributed by atoms with Crippen molar-refractivity contribution in [2.45, 2.75) is 57.9 Å². The number of carbonyl (C=O) groups is 1. The van der Waals surface area contributed by atoms with E-state index in [4.69, 9.17) is 4.74 Å². The fourth-order valence-corrected chi connectivity index (χ4v) is 6.47. The van der Waals surface area contributed by atoms with Crippen molar-refractivity contribution in [3.63, 3.8) is 0 Å². The van der Waals surface area contributed by atoms with Crippen LogP contribution in [0.5, 0.6) is 11.5 Å². The summed E-state index contributed by atoms with van der Waals surface area (Å²) in [7, 11) is 0. The van der Waals surface area contributed by atoms with Gasteiger partial charge in [-0.15, -0.1) is 5.10 Å². The van der Waals surface area contributed by atoms with Crippen molar-refractivity contribution in [1.29, 1.82) is 0 Å². The zero-order valence-corrected chi connectivity index (χ0v) is 26.1. The summed E-state index contributed by atoms with van der Waals surface area (Å²) >= 11 is 0. The molecular weight excluding hydrogens is 621 g/mol. The fraction of sp³-hybridized carbons (Fsp3) is 0.278. The van der Waals surface area contributed by atoms with E-state index in [2.05, 4.69) is 32.2 Å². The molecular formula is C36H33F3N6O3. The van der Waals surface area contributed by atoms with Gasteiger partial charge in [-0.05, 0) is 73.4 Å². The summed E-state index contributed by atoms with van der Waals surface area (Å²) in [6.45, 7) is 2.32. The van der Waals surface area contributed by atoms with E-state index in [0.717, 1.165) is 23.9 Å². The molecule has 3 aromatic heterocycles. The van der Waals surface area contributed by atoms with Gasteiger partial charge in [0.2, 0.25) is 0 Å². The second-order valence-corrected chi connectivity index (χ2v) is 12.4. The summed E-state index contributed by atoms with van der Waals surface area (Å²) in [5.41, 5.74) is 3.37. The first-order chi connectivity index (χ1) is 23.2. The molecule has 0 saturated carbocycles. The number of ether oxygens (including phenoxy) is 1. The third kappa shape index (κ3) is 6.29. The molecule has 3 aromatic carbocycles. The van der Waals surface area contributed by atoms with E-state index >= 15 is 13.2 Å². The van der Waals surface area contributed by atoms with Crippen molar-refractivity contribution < 1.29 is 27.8 Å². The normalized spacial score (nSPS) is 16.8. The molecule has 4 heterocycles. The molecule has 0 aliphatic carbocycles. The Morgan fingerprint density at radius 2 is 1.96 bits per heavy atom. The monoisotopic (exact) mass is 654 g/mol. The van der Waals surface area contributed by atoms with Gasteiger partial charge >= 0.3 is 5.97 Å². The molecule has 3 N–H and O–H groups in total. The van der Waals surface area contributed by atoms with Gasteiger partial charge in [-0.3, -0.25) is 4.79 Å². The van der Waals surface area contributed by atoms with Crippen LogP contribution in [0.1, 0.15) is 66.6 Å². The molecule has 246 valence electrons. The van der Waals surface area contributed by atoms with Crippen molar-refractivity contribution in [1.82, 2.24) is 29.9 Å². The van der Waals surface area contributed by atoms with Crippen LogP contribution >= 0.6 is 0 Å². The number of aryl methyl sites for hydroxylation is 2. The number of nitrogens with zero attached hydrogens (tertiary/aromatic N) is 4. The lowest BCUT2D eigenvalue weighted by atomic mass is 9.86. The van der Waals surface area contributed by atoms with Gasteiger partial charge in [-0.2, -0.15) is 0 Å². The molecule has 9 nitrogen and oxygen atoms in total. The maximum Gasteiger partial charge on any atom is 0.303 e. The number of aromatic nitrogens is 6. The van der Waals surface area contributed by atoms with Crippen LogP contribution in [0.25, 0.3) is 22.3 Å². The SMILES string of the molecule is CC1CCc2cn(nn2)Cc2c(c(F)cc3[nH]ccc23)Oc2ccc(F)c(c2)-c2ncc([nH]2)C(c2cccc(CCC(=O)O)c2F)CC1. The number of carboxylic acids is 1. The largest absolute Gasteiger partial charge is 0.481 e. The molecule has 0 saturated heterocycles. The zero-order valence-electron chi connectivity index (χ0n) is 26.1. The summed E-state index contributed by atoms with van der Waals surface area (Å²) in [4.78, 5) is 22.0. The van der Waals surface area contributed by atoms with Crippen molar-refractivity contribution in [3.05, 3.63) is 113 Å². The first-order valence-corrected chi connectivity index (χ1v) is 15.9. The Morgan fingerprint density at radius 1 is 1.08 bits per heavy atom. The number of fused-ring (bicyclic) bond motifs is 10. The highest BCUT2D eigenvalue weighted by Gasteiger charge is 2.25. The first-order valence-electron chi connectivity index (χ1n) is 15.9. The smallest absolute Gasteiger partial charge is 0.303 e. The minimum Gasteiger partial charge on any atom is -0.481 e. The van der Waals surface area contributed by atoms with Gasteiger partial charge in [0, 0.05) is 59.2 Å². The molecule has 6 bridgehead atoms. The number of hydrogen-bond acceptors (Lipinski definition) is 5. The maximum absolute atomic E-state index is 16.0. The molecule has 48 heavy (non-hydrogen) atoms. The van der Waals surface area contributed by atoms with Gasteiger partial charge in [-0.1, -0.05) is 30.3 Å². The van der Waals surface area contributed by atoms with E-state index in [1.165, 1.54) is 24.3 Å². The lowest BCUT2D eigenvalue weighted by Gasteiger charge is -2.20. The molecule has 0 radical (unpaired) electrons. The quantitative estimate of drug-likeness (QED) is 0.178. The molecule has 7 rings (SSSR count). The highest BCUT2D eigenvalue weighted by atomic mass is 19.1. The Labute approximate surface area is 273 Å². The van der Waals surface area contributed by atoms with Crippen LogP contribution in [0.2, 0.25) is 0 Å². The van der Waals surface area contributed by atoms with Crippen LogP contribution in [0.4, 0.5) is 13.2 Å². The number of hydrogen-bond donors (Lipinski definition) is 3. The number of imidazole rings is 1. The van der Waals surface area contributed by atoms with Gasteiger partial charge in [0.05, 0.1) is 17.8 Å². The minimum absolute atomic E-state index is 0.0123. The number of rotatable bonds is 4. The molecule has 1 aliphatic rings. The van der Waals surface area contributed by atoms with Gasteiger partial charge in [-0.25, -0.2) is 22.8 Å². The minimum atomic E-state index is -1.00. The standard InChI is InChI=1S/C36H33F3N6O3/c1-20-5-8-22-18-45(44-43-22)19-28-25-13-14-40-31(25)16-30(38)35(28)48-23-9-11-29(37)27(15-23)36-41-17-32(42-36)24(10-6-20)26-4-2-3-21(34(26)39)7-12-33(46)47/h2-4,9,11,13-18,20,24,40H,5-8,10,12,19H2,1H3,(H,41,42)(H,46,47). The summed E-state index contributed by atoms with van der Waals surface area (Å²) < 4.78 is 54.8. The van der Waals surface area contributed by atoms with Crippen LogP contribution in [0.3, 0.4) is 0 Å². The van der Waals surface area contributed by atoms with E-state index in [1.54, 1.807) is 35.3 Å². The molecule has 12 heteroatoms. The highest BCUT2D eigenvalue weighted by molar-refractivity contribution is 5.85. The summed E-state index contributed by atoms with van der Waals surface area (Å²) in [5, 5.41) is 18.6. The molecule has 2 atom stereocenters. The van der Waals surface area contributed by atoms with Crippen molar-refractivity contribution in [3.8, 4) is 22.9 Å². The Balaban J connectivity index is 1.32. The van der Waals surface area contributed by atoms with Crippen LogP contribution in [0.15, 0.2) is 67.1 Å². The van der Waals surface area contributed by atoms with E-state index in [-0.39, 0.29) is 48.2 Å². The third-order valence-electron chi connectivity index (χ3n) is 9.09. The van der Waals surface area contributed by atoms with Gasteiger partial charge in [0.1, 0.15) is 23.2 Å². The molecule has 0 spiro atoms. The van der Waals surface area contributed by atoms with Crippen LogP contribution < -0.4 is 4.74 Å². The molecule has 2 unspecified atom stereocenters. The second-order valence-electron chi connectivity index (χ2n) is 12.4. The Hall–Kier alpha value is -5.39. The summed E-state index contributed by atoms with van der Waals surface area (Å²) in [5.74, 6) is -2.47. The number of aromatic amines is 2. The predicted octanol–water partition coefficient (Wildman–Crippen LogP) is 7.92. The van der Waals surface area contributed by atoms with Crippen molar-refractivity contribution in [2.75, 3.05) is 0 Å². The summed E-state index contributed by atoms with van der Waals surface area (Å²) in [6.07, 6.45) is 7.77. The third-order valence-corrected chi connectivity index (χ3v) is 9.09. The predicted molar refractivity (Wildman–Crippen MR) is 172 cm³/mol. The van der Waals surface area contributed by atoms with Crippen LogP contribution in [-0.4, -0.2) is 41.0 Å². The molecule has 0 fully saturated rings. The van der Waals surface area contributed by atoms with E-state index < -0.39 is 29.3 Å². The number of benzene rings is 3. The van der Waals surface area contributed by atoms with Crippen molar-refractivity contribution >= 4 is 16.9 Å². The van der Waals surface area contributed by atoms with Crippen molar-refractivity contribution in [2.24, 2.45) is 5.92 Å².